The summed E-state index contributed by atoms with van der Waals surface area (Å²) < 4.78 is 11.5. The van der Waals surface area contributed by atoms with E-state index in [9.17, 15) is 9.59 Å². The number of aryl methyl sites for hydroxylation is 1. The van der Waals surface area contributed by atoms with Crippen LogP contribution in [-0.4, -0.2) is 67.8 Å². The lowest BCUT2D eigenvalue weighted by Crippen LogP contribution is -2.45. The molecule has 9 heteroatoms. The van der Waals surface area contributed by atoms with Crippen molar-refractivity contribution < 1.29 is 19.1 Å². The van der Waals surface area contributed by atoms with Crippen molar-refractivity contribution in [2.75, 3.05) is 33.8 Å². The number of ether oxygens (including phenoxy) is 2. The fourth-order valence-electron chi connectivity index (χ4n) is 4.92. The average Bonchev–Trinajstić information content (AvgIpc) is 3.33. The SMILES string of the molecule is CN1CCNC(=O)C1.COc1ccc(C2=NC(c3cccc(C)c3)C(c3ccc(Cl)cc3)N2C=O)c(OC(C)C)c1. The van der Waals surface area contributed by atoms with Gasteiger partial charge in [-0.1, -0.05) is 53.6 Å². The molecule has 41 heavy (non-hydrogen) atoms. The lowest BCUT2D eigenvalue weighted by atomic mass is 9.93. The zero-order valence-corrected chi connectivity index (χ0v) is 24.9. The van der Waals surface area contributed by atoms with E-state index in [1.54, 1.807) is 12.0 Å². The minimum absolute atomic E-state index is 0.0535. The normalized spacial score (nSPS) is 18.8. The molecule has 1 N–H and O–H groups in total. The van der Waals surface area contributed by atoms with Gasteiger partial charge in [0.2, 0.25) is 12.3 Å². The summed E-state index contributed by atoms with van der Waals surface area (Å²) >= 11 is 6.14. The van der Waals surface area contributed by atoms with E-state index in [2.05, 4.69) is 30.4 Å². The highest BCUT2D eigenvalue weighted by atomic mass is 35.5. The summed E-state index contributed by atoms with van der Waals surface area (Å²) in [6.45, 7) is 8.31. The van der Waals surface area contributed by atoms with Gasteiger partial charge in [-0.15, -0.1) is 0 Å². The molecule has 2 amide bonds. The molecule has 0 radical (unpaired) electrons. The smallest absolute Gasteiger partial charge is 0.234 e. The van der Waals surface area contributed by atoms with E-state index in [-0.39, 0.29) is 24.1 Å². The maximum Gasteiger partial charge on any atom is 0.234 e. The number of nitrogens with one attached hydrogen (secondary N) is 1. The Kier molecular flexibility index (Phi) is 10.0. The molecule has 8 nitrogen and oxygen atoms in total. The van der Waals surface area contributed by atoms with E-state index in [0.29, 0.717) is 28.9 Å². The van der Waals surface area contributed by atoms with Gasteiger partial charge in [0.1, 0.15) is 23.4 Å². The van der Waals surface area contributed by atoms with Crippen LogP contribution in [0, 0.1) is 6.92 Å². The van der Waals surface area contributed by atoms with Crippen LogP contribution in [0.1, 0.15) is 48.2 Å². The number of hydrogen-bond donors (Lipinski definition) is 1. The molecule has 0 bridgehead atoms. The number of carbonyl (C=O) groups excluding carboxylic acids is 2. The first-order valence-electron chi connectivity index (χ1n) is 13.6. The van der Waals surface area contributed by atoms with Crippen molar-refractivity contribution in [2.45, 2.75) is 39.0 Å². The number of benzene rings is 3. The Hall–Kier alpha value is -3.88. The number of hydrogen-bond acceptors (Lipinski definition) is 6. The summed E-state index contributed by atoms with van der Waals surface area (Å²) in [5, 5.41) is 3.38. The molecule has 0 aliphatic carbocycles. The van der Waals surface area contributed by atoms with Gasteiger partial charge in [0.25, 0.3) is 0 Å². The Morgan fingerprint density at radius 1 is 1.07 bits per heavy atom. The largest absolute Gasteiger partial charge is 0.497 e. The summed E-state index contributed by atoms with van der Waals surface area (Å²) in [7, 11) is 3.56. The first-order chi connectivity index (χ1) is 19.7. The molecule has 0 saturated carbocycles. The number of nitrogens with zero attached hydrogens (tertiary/aromatic N) is 3. The summed E-state index contributed by atoms with van der Waals surface area (Å²) in [5.74, 6) is 2.00. The van der Waals surface area contributed by atoms with E-state index < -0.39 is 0 Å². The van der Waals surface area contributed by atoms with Crippen LogP contribution in [0.5, 0.6) is 11.5 Å². The van der Waals surface area contributed by atoms with Crippen molar-refractivity contribution in [3.05, 3.63) is 94.0 Å². The van der Waals surface area contributed by atoms with Crippen molar-refractivity contribution >= 4 is 29.8 Å². The van der Waals surface area contributed by atoms with Gasteiger partial charge in [-0.2, -0.15) is 0 Å². The minimum Gasteiger partial charge on any atom is -0.497 e. The van der Waals surface area contributed by atoms with Crippen LogP contribution in [-0.2, 0) is 9.59 Å². The van der Waals surface area contributed by atoms with E-state index in [1.165, 1.54) is 0 Å². The van der Waals surface area contributed by atoms with Crippen LogP contribution in [0.25, 0.3) is 0 Å². The molecule has 0 spiro atoms. The topological polar surface area (TPSA) is 83.5 Å². The number of methoxy groups -OCH3 is 1. The van der Waals surface area contributed by atoms with E-state index in [1.807, 2.05) is 74.3 Å². The number of piperazine rings is 1. The van der Waals surface area contributed by atoms with Gasteiger partial charge >= 0.3 is 0 Å². The van der Waals surface area contributed by atoms with Crippen molar-refractivity contribution in [2.24, 2.45) is 4.99 Å². The van der Waals surface area contributed by atoms with Crippen LogP contribution in [0.3, 0.4) is 0 Å². The fraction of sp³-hybridized carbons (Fsp3) is 0.344. The molecular formula is C32H37ClN4O4. The Balaban J connectivity index is 0.000000417. The van der Waals surface area contributed by atoms with Gasteiger partial charge in [-0.05, 0) is 63.2 Å². The zero-order chi connectivity index (χ0) is 29.5. The van der Waals surface area contributed by atoms with Gasteiger partial charge in [-0.25, -0.2) is 0 Å². The third-order valence-electron chi connectivity index (χ3n) is 6.84. The maximum atomic E-state index is 12.5. The first kappa shape index (κ1) is 30.1. The molecule has 1 saturated heterocycles. The quantitative estimate of drug-likeness (QED) is 0.391. The Morgan fingerprint density at radius 2 is 1.83 bits per heavy atom. The van der Waals surface area contributed by atoms with Crippen molar-refractivity contribution in [1.29, 1.82) is 0 Å². The van der Waals surface area contributed by atoms with E-state index in [0.717, 1.165) is 41.8 Å². The number of amidine groups is 1. The number of carbonyl (C=O) groups is 2. The summed E-state index contributed by atoms with van der Waals surface area (Å²) in [6, 6.07) is 20.8. The molecule has 2 aliphatic rings. The fourth-order valence-corrected chi connectivity index (χ4v) is 5.05. The van der Waals surface area contributed by atoms with E-state index in [4.69, 9.17) is 26.1 Å². The van der Waals surface area contributed by atoms with Crippen molar-refractivity contribution in [3.63, 3.8) is 0 Å². The van der Waals surface area contributed by atoms with Crippen molar-refractivity contribution in [3.8, 4) is 11.5 Å². The van der Waals surface area contributed by atoms with Crippen LogP contribution < -0.4 is 14.8 Å². The molecule has 216 valence electrons. The third kappa shape index (κ3) is 7.45. The Morgan fingerprint density at radius 3 is 2.41 bits per heavy atom. The van der Waals surface area contributed by atoms with Gasteiger partial charge in [0.15, 0.2) is 0 Å². The summed E-state index contributed by atoms with van der Waals surface area (Å²) in [5.41, 5.74) is 3.87. The zero-order valence-electron chi connectivity index (χ0n) is 24.1. The Labute approximate surface area is 246 Å². The van der Waals surface area contributed by atoms with Gasteiger partial charge < -0.3 is 14.8 Å². The van der Waals surface area contributed by atoms with Crippen molar-refractivity contribution in [1.82, 2.24) is 15.1 Å². The molecule has 1 fully saturated rings. The maximum absolute atomic E-state index is 12.5. The minimum atomic E-state index is -0.314. The average molecular weight is 577 g/mol. The molecular weight excluding hydrogens is 540 g/mol. The number of halogens is 1. The monoisotopic (exact) mass is 576 g/mol. The molecule has 3 aromatic carbocycles. The van der Waals surface area contributed by atoms with Crippen LogP contribution >= 0.6 is 11.6 Å². The lowest BCUT2D eigenvalue weighted by molar-refractivity contribution is -0.123. The van der Waals surface area contributed by atoms with E-state index >= 15 is 0 Å². The van der Waals surface area contributed by atoms with Crippen LogP contribution in [0.2, 0.25) is 5.02 Å². The first-order valence-corrected chi connectivity index (χ1v) is 14.0. The number of amides is 2. The standard InChI is InChI=1S/C27H27ClN2O3.C5H10N2O/c1-17(2)33-24-15-22(32-4)12-13-23(24)27-29-25(20-7-5-6-18(3)14-20)26(30(27)16-31)19-8-10-21(28)11-9-19;1-7-3-2-6-5(8)4-7/h5-17,25-26H,1-4H3;2-4H2,1H3,(H,6,8). The molecule has 2 unspecified atom stereocenters. The van der Waals surface area contributed by atoms with Crippen LogP contribution in [0.15, 0.2) is 71.7 Å². The summed E-state index contributed by atoms with van der Waals surface area (Å²) in [4.78, 5) is 31.8. The number of likely N-dealkylation sites (N-methyl/N-ethyl adjacent to an activating group) is 1. The second kappa shape index (κ2) is 13.7. The summed E-state index contributed by atoms with van der Waals surface area (Å²) in [6.07, 6.45) is 0.791. The van der Waals surface area contributed by atoms with Gasteiger partial charge in [0, 0.05) is 24.2 Å². The predicted octanol–water partition coefficient (Wildman–Crippen LogP) is 5.19. The predicted molar refractivity (Wildman–Crippen MR) is 162 cm³/mol. The highest BCUT2D eigenvalue weighted by Gasteiger charge is 2.39. The highest BCUT2D eigenvalue weighted by molar-refractivity contribution is 6.30. The second-order valence-electron chi connectivity index (χ2n) is 10.4. The molecule has 0 aromatic heterocycles. The molecule has 3 aromatic rings. The molecule has 2 atom stereocenters. The second-order valence-corrected chi connectivity index (χ2v) is 10.9. The number of aliphatic imine (C=N–C) groups is 1. The van der Waals surface area contributed by atoms with Crippen LogP contribution in [0.4, 0.5) is 0 Å². The van der Waals surface area contributed by atoms with Gasteiger partial charge in [-0.3, -0.25) is 24.4 Å². The molecule has 2 heterocycles. The Bertz CT molecular complexity index is 1390. The molecule has 5 rings (SSSR count). The highest BCUT2D eigenvalue weighted by Crippen LogP contribution is 2.44. The molecule has 2 aliphatic heterocycles. The lowest BCUT2D eigenvalue weighted by Gasteiger charge is -2.27. The third-order valence-corrected chi connectivity index (χ3v) is 7.09. The number of rotatable bonds is 7. The van der Waals surface area contributed by atoms with Gasteiger partial charge in [0.05, 0.1) is 31.4 Å².